The molecule has 0 aliphatic carbocycles. The summed E-state index contributed by atoms with van der Waals surface area (Å²) in [5.41, 5.74) is 0.336. The van der Waals surface area contributed by atoms with Crippen molar-refractivity contribution in [3.05, 3.63) is 29.8 Å². The normalized spacial score (nSPS) is 10.3. The van der Waals surface area contributed by atoms with Crippen molar-refractivity contribution in [3.63, 3.8) is 0 Å². The van der Waals surface area contributed by atoms with Gasteiger partial charge >= 0.3 is 0 Å². The van der Waals surface area contributed by atoms with Crippen molar-refractivity contribution in [1.29, 1.82) is 0 Å². The van der Waals surface area contributed by atoms with E-state index in [0.29, 0.717) is 18.5 Å². The topological polar surface area (TPSA) is 63.2 Å². The van der Waals surface area contributed by atoms with E-state index >= 15 is 0 Å². The van der Waals surface area contributed by atoms with Gasteiger partial charge in [0.1, 0.15) is 0 Å². The van der Waals surface area contributed by atoms with Gasteiger partial charge in [-0.05, 0) is 25.1 Å². The molecule has 1 N–H and O–H groups in total. The minimum absolute atomic E-state index is 0.142. The second-order valence-corrected chi connectivity index (χ2v) is 5.75. The van der Waals surface area contributed by atoms with Crippen molar-refractivity contribution < 1.29 is 13.2 Å². The number of amides is 1. The van der Waals surface area contributed by atoms with E-state index in [0.717, 1.165) is 6.26 Å². The highest BCUT2D eigenvalue weighted by Gasteiger charge is 2.10. The lowest BCUT2D eigenvalue weighted by atomic mass is 10.2. The predicted molar refractivity (Wildman–Crippen MR) is 70.0 cm³/mol. The first-order valence-electron chi connectivity index (χ1n) is 5.43. The Morgan fingerprint density at radius 3 is 2.72 bits per heavy atom. The number of carbonyl (C=O) groups is 1. The van der Waals surface area contributed by atoms with Crippen molar-refractivity contribution >= 4 is 15.7 Å². The molecule has 96 valence electrons. The molecule has 0 radical (unpaired) electrons. The largest absolute Gasteiger partial charge is 0.351 e. The molecule has 0 unspecified atom stereocenters. The summed E-state index contributed by atoms with van der Waals surface area (Å²) in [5.74, 6) is 5.27. The smallest absolute Gasteiger partial charge is 0.251 e. The molecule has 0 heterocycles. The van der Waals surface area contributed by atoms with Crippen LogP contribution < -0.4 is 5.32 Å². The van der Waals surface area contributed by atoms with Crippen LogP contribution in [0.25, 0.3) is 0 Å². The summed E-state index contributed by atoms with van der Waals surface area (Å²) < 4.78 is 22.7. The third-order valence-corrected chi connectivity index (χ3v) is 3.35. The van der Waals surface area contributed by atoms with Gasteiger partial charge in [0.05, 0.1) is 4.90 Å². The Morgan fingerprint density at radius 1 is 1.39 bits per heavy atom. The summed E-state index contributed by atoms with van der Waals surface area (Å²) in [4.78, 5) is 11.9. The van der Waals surface area contributed by atoms with Crippen molar-refractivity contribution in [2.75, 3.05) is 12.8 Å². The molecule has 0 spiro atoms. The summed E-state index contributed by atoms with van der Waals surface area (Å²) in [6.45, 7) is 2.18. The number of rotatable bonds is 4. The van der Waals surface area contributed by atoms with E-state index < -0.39 is 9.84 Å². The third kappa shape index (κ3) is 4.22. The van der Waals surface area contributed by atoms with Crippen LogP contribution in [0.2, 0.25) is 0 Å². The molecule has 0 saturated heterocycles. The fourth-order valence-electron chi connectivity index (χ4n) is 1.33. The maximum atomic E-state index is 11.7. The number of sulfone groups is 1. The molecule has 0 aliphatic heterocycles. The minimum Gasteiger partial charge on any atom is -0.351 e. The maximum Gasteiger partial charge on any atom is 0.251 e. The van der Waals surface area contributed by atoms with E-state index in [1.807, 2.05) is 0 Å². The number of nitrogens with one attached hydrogen (secondary N) is 1. The van der Waals surface area contributed by atoms with Crippen LogP contribution >= 0.6 is 0 Å². The van der Waals surface area contributed by atoms with Crippen LogP contribution in [0.15, 0.2) is 29.2 Å². The molecule has 18 heavy (non-hydrogen) atoms. The summed E-state index contributed by atoms with van der Waals surface area (Å²) in [6, 6.07) is 5.97. The van der Waals surface area contributed by atoms with E-state index in [2.05, 4.69) is 17.2 Å². The molecule has 1 rings (SSSR count). The van der Waals surface area contributed by atoms with E-state index in [-0.39, 0.29) is 10.8 Å². The highest BCUT2D eigenvalue weighted by molar-refractivity contribution is 7.90. The predicted octanol–water partition coefficient (Wildman–Crippen LogP) is 1.23. The highest BCUT2D eigenvalue weighted by atomic mass is 32.2. The fourth-order valence-corrected chi connectivity index (χ4v) is 2.00. The Hall–Kier alpha value is -1.80. The van der Waals surface area contributed by atoms with Gasteiger partial charge in [-0.1, -0.05) is 6.07 Å². The minimum atomic E-state index is -3.29. The summed E-state index contributed by atoms with van der Waals surface area (Å²) in [6.07, 6.45) is 1.69. The van der Waals surface area contributed by atoms with Gasteiger partial charge in [-0.2, -0.15) is 0 Å². The second kappa shape index (κ2) is 6.22. The molecular weight excluding hydrogens is 250 g/mol. The van der Waals surface area contributed by atoms with Crippen molar-refractivity contribution in [2.24, 2.45) is 0 Å². The van der Waals surface area contributed by atoms with Crippen LogP contribution in [0.4, 0.5) is 0 Å². The fraction of sp³-hybridized carbons (Fsp3) is 0.308. The van der Waals surface area contributed by atoms with Crippen LogP contribution in [-0.2, 0) is 9.84 Å². The summed E-state index contributed by atoms with van der Waals surface area (Å²) in [5, 5.41) is 2.68. The zero-order valence-corrected chi connectivity index (χ0v) is 11.2. The quantitative estimate of drug-likeness (QED) is 0.658. The zero-order valence-electron chi connectivity index (χ0n) is 10.4. The first-order chi connectivity index (χ1) is 8.45. The molecular formula is C13H15NO3S. The van der Waals surface area contributed by atoms with Gasteiger partial charge in [0, 0.05) is 24.8 Å². The standard InChI is InChI=1S/C13H15NO3S/c1-3-4-5-9-14-13(15)11-7-6-8-12(10-11)18(2,16)17/h6-8,10H,5,9H2,1-2H3,(H,14,15). The molecule has 0 aliphatic rings. The van der Waals surface area contributed by atoms with Crippen molar-refractivity contribution in [2.45, 2.75) is 18.2 Å². The molecule has 1 amide bonds. The monoisotopic (exact) mass is 265 g/mol. The molecule has 0 fully saturated rings. The lowest BCUT2D eigenvalue weighted by molar-refractivity contribution is 0.0954. The molecule has 4 nitrogen and oxygen atoms in total. The Balaban J connectivity index is 2.77. The first-order valence-corrected chi connectivity index (χ1v) is 7.32. The Labute approximate surface area is 107 Å². The number of hydrogen-bond donors (Lipinski definition) is 1. The number of benzene rings is 1. The van der Waals surface area contributed by atoms with Gasteiger partial charge in [0.25, 0.3) is 5.91 Å². The van der Waals surface area contributed by atoms with Crippen molar-refractivity contribution in [3.8, 4) is 11.8 Å². The maximum absolute atomic E-state index is 11.7. The third-order valence-electron chi connectivity index (χ3n) is 2.24. The Bertz CT molecular complexity index is 594. The Kier molecular flexibility index (Phi) is 4.93. The van der Waals surface area contributed by atoms with Gasteiger partial charge < -0.3 is 5.32 Å². The number of hydrogen-bond acceptors (Lipinski definition) is 3. The summed E-state index contributed by atoms with van der Waals surface area (Å²) >= 11 is 0. The van der Waals surface area contributed by atoms with Crippen LogP contribution in [0.1, 0.15) is 23.7 Å². The van der Waals surface area contributed by atoms with Crippen LogP contribution in [0.3, 0.4) is 0 Å². The molecule has 1 aromatic carbocycles. The number of carbonyl (C=O) groups excluding carboxylic acids is 1. The van der Waals surface area contributed by atoms with Crippen LogP contribution in [0, 0.1) is 11.8 Å². The molecule has 5 heteroatoms. The van der Waals surface area contributed by atoms with Crippen LogP contribution in [-0.4, -0.2) is 27.1 Å². The van der Waals surface area contributed by atoms with E-state index in [1.54, 1.807) is 19.1 Å². The van der Waals surface area contributed by atoms with Gasteiger partial charge in [-0.25, -0.2) is 8.42 Å². The zero-order chi connectivity index (χ0) is 13.6. The van der Waals surface area contributed by atoms with E-state index in [9.17, 15) is 13.2 Å². The first kappa shape index (κ1) is 14.3. The molecule has 0 bridgehead atoms. The van der Waals surface area contributed by atoms with Gasteiger partial charge in [-0.15, -0.1) is 11.8 Å². The van der Waals surface area contributed by atoms with E-state index in [1.165, 1.54) is 12.1 Å². The molecule has 0 aromatic heterocycles. The van der Waals surface area contributed by atoms with Crippen LogP contribution in [0.5, 0.6) is 0 Å². The average Bonchev–Trinajstić information content (AvgIpc) is 2.33. The van der Waals surface area contributed by atoms with E-state index in [4.69, 9.17) is 0 Å². The molecule has 0 saturated carbocycles. The average molecular weight is 265 g/mol. The Morgan fingerprint density at radius 2 is 2.11 bits per heavy atom. The molecule has 0 atom stereocenters. The molecule has 1 aromatic rings. The SMILES string of the molecule is CC#CCCNC(=O)c1cccc(S(C)(=O)=O)c1. The van der Waals surface area contributed by atoms with Gasteiger partial charge in [0.2, 0.25) is 0 Å². The van der Waals surface area contributed by atoms with Gasteiger partial charge in [0.15, 0.2) is 9.84 Å². The lowest BCUT2D eigenvalue weighted by Gasteiger charge is -2.04. The van der Waals surface area contributed by atoms with Gasteiger partial charge in [-0.3, -0.25) is 4.79 Å². The highest BCUT2D eigenvalue weighted by Crippen LogP contribution is 2.11. The second-order valence-electron chi connectivity index (χ2n) is 3.73. The lowest BCUT2D eigenvalue weighted by Crippen LogP contribution is -2.24. The van der Waals surface area contributed by atoms with Crippen molar-refractivity contribution in [1.82, 2.24) is 5.32 Å². The summed E-state index contributed by atoms with van der Waals surface area (Å²) in [7, 11) is -3.29.